The van der Waals surface area contributed by atoms with E-state index in [2.05, 4.69) is 10.6 Å². The average molecular weight is 487 g/mol. The van der Waals surface area contributed by atoms with E-state index in [0.717, 1.165) is 47.9 Å². The highest BCUT2D eigenvalue weighted by Crippen LogP contribution is 2.29. The Kier molecular flexibility index (Phi) is 8.46. The van der Waals surface area contributed by atoms with Crippen molar-refractivity contribution in [2.24, 2.45) is 0 Å². The summed E-state index contributed by atoms with van der Waals surface area (Å²) < 4.78 is 11.6. The van der Waals surface area contributed by atoms with Gasteiger partial charge in [-0.3, -0.25) is 0 Å². The summed E-state index contributed by atoms with van der Waals surface area (Å²) in [6, 6.07) is 19.1. The van der Waals surface area contributed by atoms with Crippen LogP contribution in [0, 0.1) is 0 Å². The monoisotopic (exact) mass is 486 g/mol. The topological polar surface area (TPSA) is 59.6 Å². The largest absolute Gasteiger partial charge is 0.353 e. The van der Waals surface area contributed by atoms with Crippen molar-refractivity contribution >= 4 is 45.7 Å². The van der Waals surface area contributed by atoms with Crippen LogP contribution in [0.5, 0.6) is 0 Å². The predicted molar refractivity (Wildman–Crippen MR) is 134 cm³/mol. The van der Waals surface area contributed by atoms with Crippen LogP contribution >= 0.6 is 23.2 Å². The Labute approximate surface area is 204 Å². The molecule has 7 heteroatoms. The first-order chi connectivity index (χ1) is 16.1. The van der Waals surface area contributed by atoms with Crippen LogP contribution in [-0.4, -0.2) is 32.1 Å². The molecule has 4 rings (SSSR count). The van der Waals surface area contributed by atoms with E-state index in [0.29, 0.717) is 29.6 Å². The molecule has 0 spiro atoms. The molecule has 3 aromatic carbocycles. The van der Waals surface area contributed by atoms with E-state index >= 15 is 0 Å². The maximum atomic E-state index is 12.7. The number of hydrogen-bond acceptors (Lipinski definition) is 3. The first-order valence-corrected chi connectivity index (χ1v) is 12.1. The fourth-order valence-corrected chi connectivity index (χ4v) is 4.36. The molecule has 1 heterocycles. The number of amides is 2. The van der Waals surface area contributed by atoms with Gasteiger partial charge in [0, 0.05) is 24.5 Å². The Morgan fingerprint density at radius 2 is 1.91 bits per heavy atom. The summed E-state index contributed by atoms with van der Waals surface area (Å²) in [5.41, 5.74) is 1.78. The van der Waals surface area contributed by atoms with Crippen molar-refractivity contribution in [1.29, 1.82) is 0 Å². The molecule has 1 aliphatic heterocycles. The fourth-order valence-electron chi connectivity index (χ4n) is 4.05. The van der Waals surface area contributed by atoms with E-state index in [4.69, 9.17) is 32.7 Å². The molecule has 0 aliphatic carbocycles. The summed E-state index contributed by atoms with van der Waals surface area (Å²) in [5.74, 6) is 0.0154. The fraction of sp³-hybridized carbons (Fsp3) is 0.346. The standard InChI is InChI=1S/C26H28Cl2N2O3/c27-22-12-11-19(16-23(22)28)20(13-15-33-25-10-3-4-14-32-25)17-29-26(31)30-24-9-5-7-18-6-1-2-8-21(18)24/h1-2,5-9,11-12,16,20,25H,3-4,10,13-15,17H2,(H2,29,30,31). The Balaban J connectivity index is 1.39. The molecule has 1 saturated heterocycles. The number of rotatable bonds is 8. The van der Waals surface area contributed by atoms with Crippen LogP contribution in [-0.2, 0) is 9.47 Å². The molecule has 33 heavy (non-hydrogen) atoms. The van der Waals surface area contributed by atoms with Gasteiger partial charge in [-0.15, -0.1) is 0 Å². The molecule has 3 aromatic rings. The van der Waals surface area contributed by atoms with Gasteiger partial charge >= 0.3 is 6.03 Å². The molecule has 2 amide bonds. The summed E-state index contributed by atoms with van der Waals surface area (Å²) in [4.78, 5) is 12.7. The number of ether oxygens (including phenoxy) is 2. The Hall–Kier alpha value is -2.31. The lowest BCUT2D eigenvalue weighted by Crippen LogP contribution is -2.33. The molecule has 0 bridgehead atoms. The zero-order valence-corrected chi connectivity index (χ0v) is 19.9. The van der Waals surface area contributed by atoms with Gasteiger partial charge in [-0.1, -0.05) is 65.7 Å². The Morgan fingerprint density at radius 3 is 2.73 bits per heavy atom. The van der Waals surface area contributed by atoms with E-state index in [1.807, 2.05) is 54.6 Å². The smallest absolute Gasteiger partial charge is 0.319 e. The number of nitrogens with one attached hydrogen (secondary N) is 2. The summed E-state index contributed by atoms with van der Waals surface area (Å²) >= 11 is 12.4. The molecule has 0 aromatic heterocycles. The van der Waals surface area contributed by atoms with E-state index in [9.17, 15) is 4.79 Å². The van der Waals surface area contributed by atoms with E-state index in [-0.39, 0.29) is 18.2 Å². The molecular weight excluding hydrogens is 459 g/mol. The first kappa shape index (κ1) is 23.8. The maximum absolute atomic E-state index is 12.7. The number of hydrogen-bond donors (Lipinski definition) is 2. The molecule has 5 nitrogen and oxygen atoms in total. The number of benzene rings is 3. The number of anilines is 1. The van der Waals surface area contributed by atoms with Gasteiger partial charge in [0.25, 0.3) is 0 Å². The average Bonchev–Trinajstić information content (AvgIpc) is 2.84. The first-order valence-electron chi connectivity index (χ1n) is 11.3. The maximum Gasteiger partial charge on any atom is 0.319 e. The third kappa shape index (κ3) is 6.61. The van der Waals surface area contributed by atoms with Crippen molar-refractivity contribution in [2.45, 2.75) is 37.9 Å². The normalized spacial score (nSPS) is 17.0. The van der Waals surface area contributed by atoms with Gasteiger partial charge in [0.2, 0.25) is 0 Å². The lowest BCUT2D eigenvalue weighted by molar-refractivity contribution is -0.163. The molecule has 2 N–H and O–H groups in total. The minimum Gasteiger partial charge on any atom is -0.353 e. The minimum absolute atomic E-state index is 0.0154. The highest BCUT2D eigenvalue weighted by atomic mass is 35.5. The van der Waals surface area contributed by atoms with Crippen molar-refractivity contribution < 1.29 is 14.3 Å². The molecule has 2 atom stereocenters. The van der Waals surface area contributed by atoms with Crippen LogP contribution < -0.4 is 10.6 Å². The number of carbonyl (C=O) groups is 1. The lowest BCUT2D eigenvalue weighted by Gasteiger charge is -2.24. The van der Waals surface area contributed by atoms with Gasteiger partial charge in [-0.2, -0.15) is 0 Å². The summed E-state index contributed by atoms with van der Waals surface area (Å²) in [5, 5.41) is 9.05. The van der Waals surface area contributed by atoms with Gasteiger partial charge in [0.1, 0.15) is 0 Å². The quantitative estimate of drug-likeness (QED) is 0.360. The minimum atomic E-state index is -0.257. The van der Waals surface area contributed by atoms with Gasteiger partial charge in [0.05, 0.1) is 22.3 Å². The summed E-state index contributed by atoms with van der Waals surface area (Å²) in [6.07, 6.45) is 3.70. The molecule has 0 saturated carbocycles. The molecule has 1 fully saturated rings. The van der Waals surface area contributed by atoms with Crippen molar-refractivity contribution in [2.75, 3.05) is 25.1 Å². The third-order valence-electron chi connectivity index (χ3n) is 5.87. The highest BCUT2D eigenvalue weighted by Gasteiger charge is 2.18. The van der Waals surface area contributed by atoms with Crippen LogP contribution in [0.15, 0.2) is 60.7 Å². The van der Waals surface area contributed by atoms with Crippen molar-refractivity contribution in [3.63, 3.8) is 0 Å². The van der Waals surface area contributed by atoms with Crippen LogP contribution in [0.2, 0.25) is 10.0 Å². The number of urea groups is 1. The molecule has 2 unspecified atom stereocenters. The van der Waals surface area contributed by atoms with Gasteiger partial charge < -0.3 is 20.1 Å². The second-order valence-electron chi connectivity index (χ2n) is 8.19. The number of fused-ring (bicyclic) bond motifs is 1. The SMILES string of the molecule is O=C(NCC(CCOC1CCCCO1)c1ccc(Cl)c(Cl)c1)Nc1cccc2ccccc12. The van der Waals surface area contributed by atoms with Gasteiger partial charge in [0.15, 0.2) is 6.29 Å². The zero-order valence-electron chi connectivity index (χ0n) is 18.4. The van der Waals surface area contributed by atoms with Crippen molar-refractivity contribution in [3.05, 3.63) is 76.3 Å². The zero-order chi connectivity index (χ0) is 23.0. The molecule has 1 aliphatic rings. The van der Waals surface area contributed by atoms with E-state index in [1.165, 1.54) is 0 Å². The van der Waals surface area contributed by atoms with Crippen LogP contribution in [0.3, 0.4) is 0 Å². The molecule has 174 valence electrons. The predicted octanol–water partition coefficient (Wildman–Crippen LogP) is 6.99. The Bertz CT molecular complexity index is 1080. The van der Waals surface area contributed by atoms with Crippen LogP contribution in [0.1, 0.15) is 37.2 Å². The second kappa shape index (κ2) is 11.7. The summed E-state index contributed by atoms with van der Waals surface area (Å²) in [7, 11) is 0. The third-order valence-corrected chi connectivity index (χ3v) is 6.61. The van der Waals surface area contributed by atoms with Crippen LogP contribution in [0.25, 0.3) is 10.8 Å². The molecular formula is C26H28Cl2N2O3. The molecule has 0 radical (unpaired) electrons. The lowest BCUT2D eigenvalue weighted by atomic mass is 9.96. The van der Waals surface area contributed by atoms with E-state index < -0.39 is 0 Å². The van der Waals surface area contributed by atoms with Crippen molar-refractivity contribution in [1.82, 2.24) is 5.32 Å². The highest BCUT2D eigenvalue weighted by molar-refractivity contribution is 6.42. The second-order valence-corrected chi connectivity index (χ2v) is 9.00. The van der Waals surface area contributed by atoms with Crippen LogP contribution in [0.4, 0.5) is 10.5 Å². The van der Waals surface area contributed by atoms with E-state index in [1.54, 1.807) is 6.07 Å². The Morgan fingerprint density at radius 1 is 1.06 bits per heavy atom. The number of carbonyl (C=O) groups excluding carboxylic acids is 1. The van der Waals surface area contributed by atoms with Gasteiger partial charge in [-0.25, -0.2) is 4.79 Å². The number of halogens is 2. The summed E-state index contributed by atoms with van der Waals surface area (Å²) in [6.45, 7) is 1.71. The van der Waals surface area contributed by atoms with Crippen molar-refractivity contribution in [3.8, 4) is 0 Å². The van der Waals surface area contributed by atoms with Gasteiger partial charge in [-0.05, 0) is 54.8 Å².